The lowest BCUT2D eigenvalue weighted by molar-refractivity contribution is -0.149. The minimum Gasteiger partial charge on any atom is -0.314 e. The number of nitrogens with zero attached hydrogens (tertiary/aromatic N) is 5. The highest BCUT2D eigenvalue weighted by Crippen LogP contribution is 2.37. The van der Waals surface area contributed by atoms with Gasteiger partial charge < -0.3 is 4.90 Å². The van der Waals surface area contributed by atoms with Crippen LogP contribution in [0, 0.1) is 0 Å². The molecular weight excluding hydrogens is 358 g/mol. The molecule has 0 N–H and O–H groups in total. The minimum absolute atomic E-state index is 0.329. The lowest BCUT2D eigenvalue weighted by Gasteiger charge is -2.47. The lowest BCUT2D eigenvalue weighted by Crippen LogP contribution is -2.65. The monoisotopic (exact) mass is 375 g/mol. The van der Waals surface area contributed by atoms with Gasteiger partial charge in [0, 0.05) is 7.05 Å². The Hall–Kier alpha value is -3.68. The van der Waals surface area contributed by atoms with Crippen molar-refractivity contribution < 1.29 is 4.79 Å². The van der Waals surface area contributed by atoms with Crippen molar-refractivity contribution in [1.82, 2.24) is 18.8 Å². The Morgan fingerprint density at radius 2 is 1.50 bits per heavy atom. The van der Waals surface area contributed by atoms with Gasteiger partial charge in [0.25, 0.3) is 5.91 Å². The summed E-state index contributed by atoms with van der Waals surface area (Å²) in [7, 11) is 1.63. The highest BCUT2D eigenvalue weighted by Gasteiger charge is 2.55. The van der Waals surface area contributed by atoms with E-state index in [1.165, 1.54) is 14.3 Å². The van der Waals surface area contributed by atoms with Crippen LogP contribution in [-0.2, 0) is 10.5 Å². The number of fused-ring (bicyclic) bond motifs is 1. The Bertz CT molecular complexity index is 1250. The fourth-order valence-corrected chi connectivity index (χ4v) is 4.07. The first-order valence-corrected chi connectivity index (χ1v) is 8.90. The van der Waals surface area contributed by atoms with Crippen LogP contribution in [0.15, 0.2) is 75.2 Å². The summed E-state index contributed by atoms with van der Waals surface area (Å²) >= 11 is 0. The van der Waals surface area contributed by atoms with Crippen LogP contribution in [0.2, 0.25) is 0 Å². The Morgan fingerprint density at radius 3 is 2.14 bits per heavy atom. The van der Waals surface area contributed by atoms with Crippen molar-refractivity contribution in [3.63, 3.8) is 0 Å². The smallest absolute Gasteiger partial charge is 0.314 e. The maximum Gasteiger partial charge on any atom is 0.354 e. The normalized spacial score (nSPS) is 22.9. The van der Waals surface area contributed by atoms with Gasteiger partial charge in [-0.1, -0.05) is 48.5 Å². The number of aromatic nitrogens is 3. The van der Waals surface area contributed by atoms with Crippen LogP contribution in [0.1, 0.15) is 18.7 Å². The number of carbonyl (C=O) groups is 1. The van der Waals surface area contributed by atoms with Gasteiger partial charge in [-0.05, 0) is 24.6 Å². The number of carbonyl (C=O) groups excluding carboxylic acids is 1. The molecule has 6 rings (SSSR count). The van der Waals surface area contributed by atoms with Crippen LogP contribution in [0.3, 0.4) is 0 Å². The van der Waals surface area contributed by atoms with Crippen molar-refractivity contribution in [3.05, 3.63) is 87.2 Å². The summed E-state index contributed by atoms with van der Waals surface area (Å²) in [4.78, 5) is 45.6. The highest BCUT2D eigenvalue weighted by molar-refractivity contribution is 6.09. The number of para-hydroxylation sites is 1. The van der Waals surface area contributed by atoms with E-state index in [0.717, 1.165) is 10.1 Å². The predicted octanol–water partition coefficient (Wildman–Crippen LogP) is 0.947. The first-order chi connectivity index (χ1) is 13.4. The summed E-state index contributed by atoms with van der Waals surface area (Å²) in [6.45, 7) is 1.57. The molecule has 0 saturated carbocycles. The molecular formula is C20H17N5O3. The van der Waals surface area contributed by atoms with E-state index in [1.54, 1.807) is 44.3 Å². The van der Waals surface area contributed by atoms with E-state index in [2.05, 4.69) is 4.99 Å². The molecule has 0 unspecified atom stereocenters. The van der Waals surface area contributed by atoms with Crippen molar-refractivity contribution in [2.24, 2.45) is 4.99 Å². The molecule has 28 heavy (non-hydrogen) atoms. The molecule has 4 heterocycles. The molecule has 3 aliphatic rings. The van der Waals surface area contributed by atoms with E-state index in [4.69, 9.17) is 0 Å². The standard InChI is InChI=1S/C20H17N5O3/c1-20-17(26)22(2)16(15(21-20)13-9-5-3-6-10-13)24-18(27)23(19(28)25(20)24)14-11-7-4-8-12-14/h3-12,16H,1-2H3/t16-,20-/m1/s1. The summed E-state index contributed by atoms with van der Waals surface area (Å²) in [6, 6.07) is 18.1. The topological polar surface area (TPSA) is 81.6 Å². The fraction of sp³-hybridized carbons (Fsp3) is 0.200. The van der Waals surface area contributed by atoms with Gasteiger partial charge in [-0.15, -0.1) is 0 Å². The van der Waals surface area contributed by atoms with Crippen molar-refractivity contribution in [2.45, 2.75) is 18.8 Å². The summed E-state index contributed by atoms with van der Waals surface area (Å²) in [5.74, 6) is -0.329. The van der Waals surface area contributed by atoms with E-state index in [0.29, 0.717) is 11.4 Å². The second-order valence-corrected chi connectivity index (χ2v) is 7.07. The molecule has 2 bridgehead atoms. The Balaban J connectivity index is 1.85. The van der Waals surface area contributed by atoms with E-state index in [9.17, 15) is 14.4 Å². The van der Waals surface area contributed by atoms with Gasteiger partial charge in [-0.3, -0.25) is 4.79 Å². The molecule has 0 saturated heterocycles. The molecule has 0 radical (unpaired) electrons. The van der Waals surface area contributed by atoms with Gasteiger partial charge in [0.15, 0.2) is 6.17 Å². The third kappa shape index (κ3) is 1.89. The quantitative estimate of drug-likeness (QED) is 0.669. The first kappa shape index (κ1) is 16.5. The van der Waals surface area contributed by atoms with Crippen molar-refractivity contribution in [1.29, 1.82) is 0 Å². The third-order valence-electron chi connectivity index (χ3n) is 5.38. The summed E-state index contributed by atoms with van der Waals surface area (Å²) in [5.41, 5.74) is -0.777. The average molecular weight is 375 g/mol. The molecule has 3 aliphatic heterocycles. The van der Waals surface area contributed by atoms with E-state index >= 15 is 0 Å². The second-order valence-electron chi connectivity index (χ2n) is 7.07. The van der Waals surface area contributed by atoms with Crippen molar-refractivity contribution in [3.8, 4) is 5.69 Å². The Kier molecular flexibility index (Phi) is 3.19. The van der Waals surface area contributed by atoms with Gasteiger partial charge in [0.05, 0.1) is 11.4 Å². The van der Waals surface area contributed by atoms with Crippen LogP contribution >= 0.6 is 0 Å². The largest absolute Gasteiger partial charge is 0.354 e. The molecule has 1 amide bonds. The van der Waals surface area contributed by atoms with E-state index in [1.807, 2.05) is 30.3 Å². The molecule has 2 aromatic carbocycles. The number of hydrogen-bond acceptors (Lipinski definition) is 4. The zero-order chi connectivity index (χ0) is 19.6. The molecule has 0 fully saturated rings. The number of benzene rings is 2. The molecule has 3 aromatic rings. The van der Waals surface area contributed by atoms with Crippen LogP contribution < -0.4 is 11.4 Å². The molecule has 2 atom stereocenters. The first-order valence-electron chi connectivity index (χ1n) is 8.90. The second kappa shape index (κ2) is 5.41. The van der Waals surface area contributed by atoms with E-state index in [-0.39, 0.29) is 5.91 Å². The number of hydrogen-bond donors (Lipinski definition) is 0. The number of amides is 1. The van der Waals surface area contributed by atoms with Gasteiger partial charge in [0.1, 0.15) is 0 Å². The highest BCUT2D eigenvalue weighted by atomic mass is 16.2. The maximum absolute atomic E-state index is 13.3. The number of rotatable bonds is 2. The third-order valence-corrected chi connectivity index (χ3v) is 5.38. The molecule has 0 spiro atoms. The van der Waals surface area contributed by atoms with Crippen LogP contribution in [0.25, 0.3) is 5.69 Å². The molecule has 8 nitrogen and oxygen atoms in total. The maximum atomic E-state index is 13.3. The Labute approximate surface area is 159 Å². The predicted molar refractivity (Wildman–Crippen MR) is 103 cm³/mol. The average Bonchev–Trinajstić information content (AvgIpc) is 2.99. The molecule has 0 aliphatic carbocycles. The lowest BCUT2D eigenvalue weighted by atomic mass is 9.99. The summed E-state index contributed by atoms with van der Waals surface area (Å²) in [5, 5.41) is 0. The van der Waals surface area contributed by atoms with Crippen LogP contribution in [0.5, 0.6) is 0 Å². The molecule has 1 aromatic heterocycles. The van der Waals surface area contributed by atoms with Crippen LogP contribution in [-0.4, -0.2) is 37.5 Å². The van der Waals surface area contributed by atoms with Crippen molar-refractivity contribution >= 4 is 11.6 Å². The number of aliphatic imine (C=N–C) groups is 1. The van der Waals surface area contributed by atoms with Crippen LogP contribution in [0.4, 0.5) is 0 Å². The zero-order valence-electron chi connectivity index (χ0n) is 15.3. The van der Waals surface area contributed by atoms with Gasteiger partial charge in [0.2, 0.25) is 5.66 Å². The van der Waals surface area contributed by atoms with Gasteiger partial charge in [-0.25, -0.2) is 19.1 Å². The zero-order valence-corrected chi connectivity index (χ0v) is 15.3. The summed E-state index contributed by atoms with van der Waals surface area (Å²) in [6.07, 6.45) is -0.790. The minimum atomic E-state index is -1.52. The fourth-order valence-electron chi connectivity index (χ4n) is 4.07. The SMILES string of the molecule is CN1C(=O)[C@]2(C)N=C(c3ccccc3)[C@H]1n1c(=O)n(-c3ccccc3)c(=O)n12. The van der Waals surface area contributed by atoms with Gasteiger partial charge >= 0.3 is 11.4 Å². The van der Waals surface area contributed by atoms with Crippen molar-refractivity contribution in [2.75, 3.05) is 7.05 Å². The van der Waals surface area contributed by atoms with Gasteiger partial charge in [-0.2, -0.15) is 9.36 Å². The van der Waals surface area contributed by atoms with E-state index < -0.39 is 23.2 Å². The summed E-state index contributed by atoms with van der Waals surface area (Å²) < 4.78 is 3.61. The molecule has 8 heteroatoms. The molecule has 140 valence electrons. The number of likely N-dealkylation sites (N-methyl/N-ethyl adjacent to an activating group) is 1. The Morgan fingerprint density at radius 1 is 0.893 bits per heavy atom.